The van der Waals surface area contributed by atoms with Gasteiger partial charge >= 0.3 is 6.18 Å². The molecule has 1 nitrogen and oxygen atoms in total. The van der Waals surface area contributed by atoms with E-state index in [4.69, 9.17) is 23.2 Å². The van der Waals surface area contributed by atoms with Crippen LogP contribution in [0.2, 0.25) is 10.2 Å². The predicted molar refractivity (Wildman–Crippen MR) is 56.8 cm³/mol. The highest BCUT2D eigenvalue weighted by molar-refractivity contribution is 6.35. The predicted octanol–water partition coefficient (Wildman–Crippen LogP) is 4.56. The molecular weight excluding hydrogens is 262 g/mol. The standard InChI is InChI=1S/C10H4Cl2F3N/c11-6-1-2-7-5(3-6)4-8(10(13,14)15)16-9(7)12/h1-4H. The molecule has 1 aromatic heterocycles. The Bertz CT molecular complexity index is 551. The maximum absolute atomic E-state index is 12.4. The summed E-state index contributed by atoms with van der Waals surface area (Å²) in [6, 6.07) is 5.42. The van der Waals surface area contributed by atoms with Crippen LogP contribution in [0.15, 0.2) is 24.3 Å². The molecule has 16 heavy (non-hydrogen) atoms. The first-order valence-electron chi connectivity index (χ1n) is 4.21. The van der Waals surface area contributed by atoms with Crippen LogP contribution < -0.4 is 0 Å². The van der Waals surface area contributed by atoms with E-state index in [2.05, 4.69) is 4.98 Å². The second-order valence-electron chi connectivity index (χ2n) is 3.16. The zero-order valence-corrected chi connectivity index (χ0v) is 9.16. The number of alkyl halides is 3. The van der Waals surface area contributed by atoms with Gasteiger partial charge in [-0.05, 0) is 29.7 Å². The molecule has 0 amide bonds. The molecule has 0 fully saturated rings. The number of fused-ring (bicyclic) bond motifs is 1. The molecule has 0 radical (unpaired) electrons. The molecule has 0 aliphatic heterocycles. The zero-order chi connectivity index (χ0) is 11.9. The number of benzene rings is 1. The lowest BCUT2D eigenvalue weighted by Gasteiger charge is -2.08. The summed E-state index contributed by atoms with van der Waals surface area (Å²) in [5, 5.41) is 0.934. The third-order valence-corrected chi connectivity index (χ3v) is 2.56. The van der Waals surface area contributed by atoms with Crippen molar-refractivity contribution in [2.24, 2.45) is 0 Å². The lowest BCUT2D eigenvalue weighted by Crippen LogP contribution is -2.07. The molecule has 0 bridgehead atoms. The quantitative estimate of drug-likeness (QED) is 0.637. The van der Waals surface area contributed by atoms with Crippen molar-refractivity contribution in [2.45, 2.75) is 6.18 Å². The van der Waals surface area contributed by atoms with E-state index < -0.39 is 11.9 Å². The fraction of sp³-hybridized carbons (Fsp3) is 0.100. The van der Waals surface area contributed by atoms with Gasteiger partial charge in [0.05, 0.1) is 0 Å². The molecule has 0 aliphatic carbocycles. The molecule has 2 aromatic rings. The minimum Gasteiger partial charge on any atom is -0.231 e. The van der Waals surface area contributed by atoms with Gasteiger partial charge in [0.1, 0.15) is 10.8 Å². The summed E-state index contributed by atoms with van der Waals surface area (Å²) in [6.45, 7) is 0. The fourth-order valence-corrected chi connectivity index (χ4v) is 1.78. The third-order valence-electron chi connectivity index (χ3n) is 2.04. The molecule has 0 N–H and O–H groups in total. The number of nitrogens with zero attached hydrogens (tertiary/aromatic N) is 1. The van der Waals surface area contributed by atoms with Crippen LogP contribution in [0.5, 0.6) is 0 Å². The fourth-order valence-electron chi connectivity index (χ4n) is 1.33. The van der Waals surface area contributed by atoms with Gasteiger partial charge in [0, 0.05) is 10.4 Å². The lowest BCUT2D eigenvalue weighted by atomic mass is 10.1. The van der Waals surface area contributed by atoms with Gasteiger partial charge in [0.15, 0.2) is 0 Å². The van der Waals surface area contributed by atoms with Crippen molar-refractivity contribution in [3.05, 3.63) is 40.1 Å². The highest BCUT2D eigenvalue weighted by Gasteiger charge is 2.33. The van der Waals surface area contributed by atoms with Crippen LogP contribution >= 0.6 is 23.2 Å². The van der Waals surface area contributed by atoms with Crippen molar-refractivity contribution >= 4 is 34.0 Å². The summed E-state index contributed by atoms with van der Waals surface area (Å²) in [6.07, 6.45) is -4.51. The van der Waals surface area contributed by atoms with Gasteiger partial charge in [-0.15, -0.1) is 0 Å². The summed E-state index contributed by atoms with van der Waals surface area (Å²) in [5.41, 5.74) is -1.02. The monoisotopic (exact) mass is 265 g/mol. The molecular formula is C10H4Cl2F3N. The number of hydrogen-bond acceptors (Lipinski definition) is 1. The number of hydrogen-bond donors (Lipinski definition) is 0. The number of pyridine rings is 1. The van der Waals surface area contributed by atoms with Gasteiger partial charge in [-0.3, -0.25) is 0 Å². The number of rotatable bonds is 0. The van der Waals surface area contributed by atoms with Gasteiger partial charge < -0.3 is 0 Å². The Morgan fingerprint density at radius 3 is 2.38 bits per heavy atom. The van der Waals surface area contributed by atoms with Crippen molar-refractivity contribution in [2.75, 3.05) is 0 Å². The Morgan fingerprint density at radius 1 is 1.06 bits per heavy atom. The second kappa shape index (κ2) is 3.79. The van der Waals surface area contributed by atoms with E-state index >= 15 is 0 Å². The van der Waals surface area contributed by atoms with E-state index in [9.17, 15) is 13.2 Å². The lowest BCUT2D eigenvalue weighted by molar-refractivity contribution is -0.141. The number of aromatic nitrogens is 1. The van der Waals surface area contributed by atoms with Crippen molar-refractivity contribution < 1.29 is 13.2 Å². The maximum atomic E-state index is 12.4. The second-order valence-corrected chi connectivity index (χ2v) is 3.96. The summed E-state index contributed by atoms with van der Waals surface area (Å²) in [5.74, 6) is 0. The van der Waals surface area contributed by atoms with Gasteiger partial charge in [-0.2, -0.15) is 13.2 Å². The summed E-state index contributed by atoms with van der Waals surface area (Å²) in [4.78, 5) is 3.30. The molecule has 1 heterocycles. The third kappa shape index (κ3) is 2.08. The van der Waals surface area contributed by atoms with Crippen LogP contribution in [0, 0.1) is 0 Å². The van der Waals surface area contributed by atoms with Crippen molar-refractivity contribution in [3.63, 3.8) is 0 Å². The van der Waals surface area contributed by atoms with Crippen LogP contribution in [0.4, 0.5) is 13.2 Å². The van der Waals surface area contributed by atoms with Gasteiger partial charge in [-0.25, -0.2) is 4.98 Å². The van der Waals surface area contributed by atoms with Gasteiger partial charge in [0.2, 0.25) is 0 Å². The smallest absolute Gasteiger partial charge is 0.231 e. The summed E-state index contributed by atoms with van der Waals surface area (Å²) >= 11 is 11.4. The van der Waals surface area contributed by atoms with Crippen molar-refractivity contribution in [1.29, 1.82) is 0 Å². The van der Waals surface area contributed by atoms with E-state index in [1.165, 1.54) is 12.1 Å². The first-order valence-corrected chi connectivity index (χ1v) is 4.96. The summed E-state index contributed by atoms with van der Waals surface area (Å²) in [7, 11) is 0. The van der Waals surface area contributed by atoms with E-state index in [1.54, 1.807) is 6.07 Å². The van der Waals surface area contributed by atoms with Crippen molar-refractivity contribution in [3.8, 4) is 0 Å². The SMILES string of the molecule is FC(F)(F)c1cc2cc(Cl)ccc2c(Cl)n1. The van der Waals surface area contributed by atoms with E-state index in [0.717, 1.165) is 6.07 Å². The van der Waals surface area contributed by atoms with Crippen LogP contribution in [-0.2, 0) is 6.18 Å². The Labute approximate surface area is 98.8 Å². The Balaban J connectivity index is 2.75. The average molecular weight is 266 g/mol. The highest BCUT2D eigenvalue weighted by atomic mass is 35.5. The van der Waals surface area contributed by atoms with Crippen LogP contribution in [-0.4, -0.2) is 4.98 Å². The first-order chi connectivity index (χ1) is 7.38. The molecule has 1 aromatic carbocycles. The largest absolute Gasteiger partial charge is 0.433 e. The van der Waals surface area contributed by atoms with Gasteiger partial charge in [-0.1, -0.05) is 23.2 Å². The average Bonchev–Trinajstić information content (AvgIpc) is 2.15. The Morgan fingerprint density at radius 2 is 1.75 bits per heavy atom. The van der Waals surface area contributed by atoms with Crippen LogP contribution in [0.25, 0.3) is 10.8 Å². The molecule has 0 spiro atoms. The molecule has 84 valence electrons. The Kier molecular flexibility index (Phi) is 2.72. The Hall–Kier alpha value is -1.00. The zero-order valence-electron chi connectivity index (χ0n) is 7.65. The van der Waals surface area contributed by atoms with Gasteiger partial charge in [0.25, 0.3) is 0 Å². The van der Waals surface area contributed by atoms with Crippen molar-refractivity contribution in [1.82, 2.24) is 4.98 Å². The number of halogens is 5. The molecule has 0 saturated carbocycles. The topological polar surface area (TPSA) is 12.9 Å². The molecule has 0 saturated heterocycles. The summed E-state index contributed by atoms with van der Waals surface area (Å²) < 4.78 is 37.3. The highest BCUT2D eigenvalue weighted by Crippen LogP contribution is 2.33. The molecule has 6 heteroatoms. The minimum atomic E-state index is -4.51. The van der Waals surface area contributed by atoms with Crippen LogP contribution in [0.3, 0.4) is 0 Å². The van der Waals surface area contributed by atoms with E-state index in [0.29, 0.717) is 15.8 Å². The first kappa shape index (κ1) is 11.5. The molecule has 0 atom stereocenters. The molecule has 0 unspecified atom stereocenters. The normalized spacial score (nSPS) is 12.1. The van der Waals surface area contributed by atoms with E-state index in [-0.39, 0.29) is 5.15 Å². The molecule has 2 rings (SSSR count). The maximum Gasteiger partial charge on any atom is 0.433 e. The van der Waals surface area contributed by atoms with E-state index in [1.807, 2.05) is 0 Å². The van der Waals surface area contributed by atoms with Crippen LogP contribution in [0.1, 0.15) is 5.69 Å². The minimum absolute atomic E-state index is 0.179. The molecule has 0 aliphatic rings.